The summed E-state index contributed by atoms with van der Waals surface area (Å²) in [6, 6.07) is 13.2. The zero-order valence-electron chi connectivity index (χ0n) is 13.1. The number of ether oxygens (including phenoxy) is 1. The molecule has 0 saturated carbocycles. The minimum absolute atomic E-state index is 0.0688. The largest absolute Gasteiger partial charge is 0.435 e. The third-order valence-electron chi connectivity index (χ3n) is 3.17. The molecule has 0 aliphatic rings. The van der Waals surface area contributed by atoms with Gasteiger partial charge in [0.1, 0.15) is 11.4 Å². The Morgan fingerprint density at radius 1 is 1.08 bits per heavy atom. The lowest BCUT2D eigenvalue weighted by Gasteiger charge is -2.06. The fraction of sp³-hybridized carbons (Fsp3) is 0.0588. The quantitative estimate of drug-likeness (QED) is 0.531. The molecule has 0 fully saturated rings. The Balaban J connectivity index is 1.62. The van der Waals surface area contributed by atoms with E-state index in [-0.39, 0.29) is 17.4 Å². The molecule has 134 valence electrons. The molecule has 0 bridgehead atoms. The number of nitrogens with zero attached hydrogens (tertiary/aromatic N) is 1. The molecule has 0 aliphatic heterocycles. The van der Waals surface area contributed by atoms with Gasteiger partial charge in [-0.2, -0.15) is 8.78 Å². The predicted molar refractivity (Wildman–Crippen MR) is 101 cm³/mol. The number of nitrogens with one attached hydrogen (secondary N) is 2. The monoisotopic (exact) mass is 439 g/mol. The molecule has 3 aromatic rings. The maximum absolute atomic E-state index is 12.2. The molecule has 3 rings (SSSR count). The number of benzene rings is 2. The second-order valence-electron chi connectivity index (χ2n) is 5.03. The standard InChI is InChI=1S/C17H12BrF2N3O2S/c18-10-1-3-11(4-2-10)21-15(24)14-9-26-17(23-14)22-12-5-7-13(8-6-12)25-16(19)20/h1-9,16H,(H,21,24)(H,22,23). The van der Waals surface area contributed by atoms with E-state index in [9.17, 15) is 13.6 Å². The topological polar surface area (TPSA) is 63.2 Å². The number of aromatic nitrogens is 1. The molecule has 0 unspecified atom stereocenters. The van der Waals surface area contributed by atoms with Crippen molar-refractivity contribution in [1.29, 1.82) is 0 Å². The second kappa shape index (κ2) is 8.24. The lowest BCUT2D eigenvalue weighted by Crippen LogP contribution is -2.12. The van der Waals surface area contributed by atoms with Crippen LogP contribution in [0.15, 0.2) is 58.4 Å². The van der Waals surface area contributed by atoms with Gasteiger partial charge in [0.15, 0.2) is 5.13 Å². The average Bonchev–Trinajstić information content (AvgIpc) is 3.07. The van der Waals surface area contributed by atoms with E-state index in [0.29, 0.717) is 16.5 Å². The Morgan fingerprint density at radius 3 is 2.38 bits per heavy atom. The van der Waals surface area contributed by atoms with Crippen LogP contribution in [0, 0.1) is 0 Å². The van der Waals surface area contributed by atoms with E-state index in [1.807, 2.05) is 12.1 Å². The molecule has 9 heteroatoms. The van der Waals surface area contributed by atoms with Crippen LogP contribution in [0.4, 0.5) is 25.3 Å². The molecule has 1 aromatic heterocycles. The molecule has 1 amide bonds. The average molecular weight is 440 g/mol. The van der Waals surface area contributed by atoms with E-state index in [0.717, 1.165) is 4.47 Å². The third kappa shape index (κ3) is 4.99. The number of carbonyl (C=O) groups is 1. The highest BCUT2D eigenvalue weighted by Gasteiger charge is 2.11. The van der Waals surface area contributed by atoms with Crippen LogP contribution in [-0.2, 0) is 0 Å². The van der Waals surface area contributed by atoms with Crippen molar-refractivity contribution in [1.82, 2.24) is 4.98 Å². The minimum atomic E-state index is -2.86. The predicted octanol–water partition coefficient (Wildman–Crippen LogP) is 5.50. The molecule has 0 radical (unpaired) electrons. The molecule has 0 aliphatic carbocycles. The van der Waals surface area contributed by atoms with Gasteiger partial charge < -0.3 is 15.4 Å². The molecule has 0 spiro atoms. The van der Waals surface area contributed by atoms with Crippen molar-refractivity contribution in [2.75, 3.05) is 10.6 Å². The van der Waals surface area contributed by atoms with Gasteiger partial charge in [0.05, 0.1) is 0 Å². The maximum Gasteiger partial charge on any atom is 0.387 e. The van der Waals surface area contributed by atoms with E-state index >= 15 is 0 Å². The van der Waals surface area contributed by atoms with Gasteiger partial charge in [-0.05, 0) is 48.5 Å². The Hall–Kier alpha value is -2.52. The van der Waals surface area contributed by atoms with Crippen molar-refractivity contribution in [3.05, 3.63) is 64.1 Å². The highest BCUT2D eigenvalue weighted by atomic mass is 79.9. The van der Waals surface area contributed by atoms with Crippen LogP contribution in [0.1, 0.15) is 10.5 Å². The Kier molecular flexibility index (Phi) is 5.79. The molecule has 2 N–H and O–H groups in total. The van der Waals surface area contributed by atoms with Gasteiger partial charge in [-0.15, -0.1) is 11.3 Å². The number of hydrogen-bond donors (Lipinski definition) is 2. The highest BCUT2D eigenvalue weighted by molar-refractivity contribution is 9.10. The molecule has 0 atom stereocenters. The smallest absolute Gasteiger partial charge is 0.387 e. The number of anilines is 3. The van der Waals surface area contributed by atoms with Crippen LogP contribution in [0.2, 0.25) is 0 Å². The van der Waals surface area contributed by atoms with E-state index in [1.165, 1.54) is 23.5 Å². The maximum atomic E-state index is 12.2. The molecule has 26 heavy (non-hydrogen) atoms. The number of rotatable bonds is 6. The van der Waals surface area contributed by atoms with E-state index in [4.69, 9.17) is 0 Å². The SMILES string of the molecule is O=C(Nc1ccc(Br)cc1)c1csc(Nc2ccc(OC(F)F)cc2)n1. The number of thiazole rings is 1. The first-order valence-electron chi connectivity index (χ1n) is 7.34. The summed E-state index contributed by atoms with van der Waals surface area (Å²) in [6.07, 6.45) is 0. The molecule has 5 nitrogen and oxygen atoms in total. The lowest BCUT2D eigenvalue weighted by atomic mass is 10.3. The van der Waals surface area contributed by atoms with Gasteiger partial charge >= 0.3 is 6.61 Å². The van der Waals surface area contributed by atoms with Crippen molar-refractivity contribution in [2.24, 2.45) is 0 Å². The Morgan fingerprint density at radius 2 is 1.73 bits per heavy atom. The van der Waals surface area contributed by atoms with Crippen LogP contribution in [0.25, 0.3) is 0 Å². The second-order valence-corrected chi connectivity index (χ2v) is 6.80. The van der Waals surface area contributed by atoms with Crippen molar-refractivity contribution in [3.8, 4) is 5.75 Å². The molecule has 1 heterocycles. The molecular formula is C17H12BrF2N3O2S. The number of carbonyl (C=O) groups excluding carboxylic acids is 1. The lowest BCUT2D eigenvalue weighted by molar-refractivity contribution is -0.0498. The first-order chi connectivity index (χ1) is 12.5. The number of alkyl halides is 2. The highest BCUT2D eigenvalue weighted by Crippen LogP contribution is 2.24. The summed E-state index contributed by atoms with van der Waals surface area (Å²) < 4.78 is 29.5. The molecule has 2 aromatic carbocycles. The number of hydrogen-bond acceptors (Lipinski definition) is 5. The normalized spacial score (nSPS) is 10.6. The summed E-state index contributed by atoms with van der Waals surface area (Å²) in [7, 11) is 0. The van der Waals surface area contributed by atoms with Crippen LogP contribution in [0.5, 0.6) is 5.75 Å². The first kappa shape index (κ1) is 18.3. The summed E-state index contributed by atoms with van der Waals surface area (Å²) in [5.74, 6) is -0.253. The van der Waals surface area contributed by atoms with Crippen LogP contribution < -0.4 is 15.4 Å². The Bertz CT molecular complexity index is 886. The fourth-order valence-corrected chi connectivity index (χ4v) is 2.98. The van der Waals surface area contributed by atoms with E-state index in [1.54, 1.807) is 29.6 Å². The van der Waals surface area contributed by atoms with Gasteiger partial charge in [-0.1, -0.05) is 15.9 Å². The van der Waals surface area contributed by atoms with Crippen LogP contribution >= 0.6 is 27.3 Å². The van der Waals surface area contributed by atoms with Crippen molar-refractivity contribution < 1.29 is 18.3 Å². The van der Waals surface area contributed by atoms with Gasteiger partial charge in [-0.25, -0.2) is 4.98 Å². The Labute approximate surface area is 160 Å². The van der Waals surface area contributed by atoms with Gasteiger partial charge in [-0.3, -0.25) is 4.79 Å². The minimum Gasteiger partial charge on any atom is -0.435 e. The summed E-state index contributed by atoms with van der Waals surface area (Å²) >= 11 is 4.59. The van der Waals surface area contributed by atoms with Gasteiger partial charge in [0.25, 0.3) is 5.91 Å². The van der Waals surface area contributed by atoms with Crippen molar-refractivity contribution in [3.63, 3.8) is 0 Å². The number of amides is 1. The zero-order valence-corrected chi connectivity index (χ0v) is 15.5. The van der Waals surface area contributed by atoms with Crippen molar-refractivity contribution >= 4 is 49.7 Å². The molecular weight excluding hydrogens is 428 g/mol. The summed E-state index contributed by atoms with van der Waals surface area (Å²) in [6.45, 7) is -2.86. The van der Waals surface area contributed by atoms with E-state index in [2.05, 4.69) is 36.3 Å². The summed E-state index contributed by atoms with van der Waals surface area (Å²) in [5.41, 5.74) is 1.58. The summed E-state index contributed by atoms with van der Waals surface area (Å²) in [4.78, 5) is 16.4. The number of halogens is 3. The first-order valence-corrected chi connectivity index (χ1v) is 9.01. The van der Waals surface area contributed by atoms with Gasteiger partial charge in [0.2, 0.25) is 0 Å². The van der Waals surface area contributed by atoms with Crippen molar-refractivity contribution in [2.45, 2.75) is 6.61 Å². The fourth-order valence-electron chi connectivity index (χ4n) is 2.01. The molecule has 0 saturated heterocycles. The summed E-state index contributed by atoms with van der Waals surface area (Å²) in [5, 5.41) is 7.90. The van der Waals surface area contributed by atoms with Crippen LogP contribution in [0.3, 0.4) is 0 Å². The zero-order chi connectivity index (χ0) is 18.5. The van der Waals surface area contributed by atoms with E-state index < -0.39 is 6.61 Å². The van der Waals surface area contributed by atoms with Gasteiger partial charge in [0, 0.05) is 21.2 Å². The van der Waals surface area contributed by atoms with Crippen LogP contribution in [-0.4, -0.2) is 17.5 Å². The third-order valence-corrected chi connectivity index (χ3v) is 4.46.